The van der Waals surface area contributed by atoms with Crippen LogP contribution in [0.4, 0.5) is 4.39 Å². The molecule has 0 aliphatic heterocycles. The number of rotatable bonds is 0. The van der Waals surface area contributed by atoms with Gasteiger partial charge >= 0.3 is 0 Å². The van der Waals surface area contributed by atoms with Crippen molar-refractivity contribution in [1.82, 2.24) is 9.36 Å². The number of fused-ring (bicyclic) bond motifs is 1. The second-order valence-corrected chi connectivity index (χ2v) is 2.50. The molecule has 0 amide bonds. The minimum absolute atomic E-state index is 0.348. The number of nitrogens with zero attached hydrogens (tertiary/aromatic N) is 2. The Morgan fingerprint density at radius 2 is 2.30 bits per heavy atom. The van der Waals surface area contributed by atoms with E-state index in [1.165, 1.54) is 17.7 Å². The predicted molar refractivity (Wildman–Crippen MR) is 37.4 cm³/mol. The Labute approximate surface area is 60.5 Å². The average molecular weight is 154 g/mol. The van der Waals surface area contributed by atoms with E-state index in [0.717, 1.165) is 5.39 Å². The van der Waals surface area contributed by atoms with Gasteiger partial charge in [-0.3, -0.25) is 4.98 Å². The summed E-state index contributed by atoms with van der Waals surface area (Å²) in [4.78, 5) is 3.68. The van der Waals surface area contributed by atoms with E-state index in [9.17, 15) is 4.39 Å². The van der Waals surface area contributed by atoms with E-state index >= 15 is 0 Å². The molecule has 2 rings (SSSR count). The van der Waals surface area contributed by atoms with Crippen LogP contribution in [0.1, 0.15) is 0 Å². The minimum atomic E-state index is -0.348. The lowest BCUT2D eigenvalue weighted by Gasteiger charge is -1.85. The Hall–Kier alpha value is -1.03. The van der Waals surface area contributed by atoms with Gasteiger partial charge in [0.15, 0.2) is 5.82 Å². The second-order valence-electron chi connectivity index (χ2n) is 1.87. The third-order valence-electron chi connectivity index (χ3n) is 1.22. The van der Waals surface area contributed by atoms with E-state index in [-0.39, 0.29) is 5.82 Å². The standard InChI is InChI=1S/C6H3FN2S/c7-5-2-8-1-4-3-10-9-6(4)5/h1-3H. The molecule has 0 aliphatic rings. The third kappa shape index (κ3) is 0.690. The van der Waals surface area contributed by atoms with Crippen LogP contribution in [0.15, 0.2) is 17.8 Å². The lowest BCUT2D eigenvalue weighted by molar-refractivity contribution is 0.632. The summed E-state index contributed by atoms with van der Waals surface area (Å²) in [5.41, 5.74) is 0.417. The molecule has 2 heterocycles. The highest BCUT2D eigenvalue weighted by atomic mass is 32.1. The van der Waals surface area contributed by atoms with E-state index in [2.05, 4.69) is 9.36 Å². The lowest BCUT2D eigenvalue weighted by Crippen LogP contribution is -1.78. The molecule has 4 heteroatoms. The molecule has 0 saturated carbocycles. The Balaban J connectivity index is 2.95. The molecule has 0 aliphatic carbocycles. The van der Waals surface area contributed by atoms with Gasteiger partial charge in [-0.2, -0.15) is 4.37 Å². The van der Waals surface area contributed by atoms with Crippen molar-refractivity contribution in [3.63, 3.8) is 0 Å². The van der Waals surface area contributed by atoms with Gasteiger partial charge in [-0.25, -0.2) is 4.39 Å². The van der Waals surface area contributed by atoms with Crippen molar-refractivity contribution in [1.29, 1.82) is 0 Å². The predicted octanol–water partition coefficient (Wildman–Crippen LogP) is 1.83. The van der Waals surface area contributed by atoms with Gasteiger partial charge in [-0.05, 0) is 11.5 Å². The van der Waals surface area contributed by atoms with Gasteiger partial charge in [0.25, 0.3) is 0 Å². The maximum atomic E-state index is 12.7. The van der Waals surface area contributed by atoms with Gasteiger partial charge in [0.05, 0.1) is 6.20 Å². The zero-order valence-electron chi connectivity index (χ0n) is 4.91. The van der Waals surface area contributed by atoms with E-state index in [0.29, 0.717) is 5.52 Å². The lowest BCUT2D eigenvalue weighted by atomic mass is 10.3. The second kappa shape index (κ2) is 1.98. The van der Waals surface area contributed by atoms with Crippen LogP contribution in [-0.4, -0.2) is 9.36 Å². The number of pyridine rings is 1. The minimum Gasteiger partial charge on any atom is -0.261 e. The van der Waals surface area contributed by atoms with E-state index < -0.39 is 0 Å². The highest BCUT2D eigenvalue weighted by Crippen LogP contribution is 2.15. The van der Waals surface area contributed by atoms with Gasteiger partial charge in [0, 0.05) is 17.0 Å². The van der Waals surface area contributed by atoms with Crippen LogP contribution >= 0.6 is 11.5 Å². The fraction of sp³-hybridized carbons (Fsp3) is 0. The normalized spacial score (nSPS) is 10.5. The Morgan fingerprint density at radius 3 is 3.10 bits per heavy atom. The summed E-state index contributed by atoms with van der Waals surface area (Å²) in [5.74, 6) is -0.348. The molecule has 2 aromatic heterocycles. The first-order chi connectivity index (χ1) is 4.88. The maximum absolute atomic E-state index is 12.7. The molecule has 0 aromatic carbocycles. The summed E-state index contributed by atoms with van der Waals surface area (Å²) in [7, 11) is 0. The first-order valence-electron chi connectivity index (χ1n) is 2.71. The molecule has 0 fully saturated rings. The number of hydrogen-bond acceptors (Lipinski definition) is 3. The highest BCUT2D eigenvalue weighted by Gasteiger charge is 2.00. The zero-order chi connectivity index (χ0) is 6.97. The van der Waals surface area contributed by atoms with Crippen LogP contribution in [0.2, 0.25) is 0 Å². The summed E-state index contributed by atoms with van der Waals surface area (Å²) in [6.07, 6.45) is 2.77. The summed E-state index contributed by atoms with van der Waals surface area (Å²) in [6, 6.07) is 0. The molecule has 2 aromatic rings. The Bertz CT molecular complexity index is 357. The first kappa shape index (κ1) is 5.73. The van der Waals surface area contributed by atoms with E-state index in [4.69, 9.17) is 0 Å². The Morgan fingerprint density at radius 1 is 1.40 bits per heavy atom. The summed E-state index contributed by atoms with van der Waals surface area (Å²) in [5, 5.41) is 2.54. The molecule has 0 atom stereocenters. The van der Waals surface area contributed by atoms with Crippen molar-refractivity contribution in [2.24, 2.45) is 0 Å². The van der Waals surface area contributed by atoms with Crippen molar-refractivity contribution in [3.8, 4) is 0 Å². The number of halogens is 1. The molecular formula is C6H3FN2S. The molecule has 0 N–H and O–H groups in total. The largest absolute Gasteiger partial charge is 0.261 e. The average Bonchev–Trinajstić information content (AvgIpc) is 2.36. The van der Waals surface area contributed by atoms with Crippen molar-refractivity contribution >= 4 is 22.4 Å². The molecule has 0 saturated heterocycles. The molecule has 10 heavy (non-hydrogen) atoms. The topological polar surface area (TPSA) is 25.8 Å². The molecule has 0 bridgehead atoms. The number of aromatic nitrogens is 2. The SMILES string of the molecule is Fc1cncc2csnc12. The molecule has 0 radical (unpaired) electrons. The molecule has 50 valence electrons. The van der Waals surface area contributed by atoms with Crippen LogP contribution in [0.5, 0.6) is 0 Å². The van der Waals surface area contributed by atoms with Gasteiger partial charge in [-0.15, -0.1) is 0 Å². The van der Waals surface area contributed by atoms with Crippen molar-refractivity contribution in [3.05, 3.63) is 23.6 Å². The Kier molecular flexibility index (Phi) is 1.14. The fourth-order valence-electron chi connectivity index (χ4n) is 0.762. The summed E-state index contributed by atoms with van der Waals surface area (Å²) >= 11 is 1.24. The zero-order valence-corrected chi connectivity index (χ0v) is 5.73. The van der Waals surface area contributed by atoms with Gasteiger partial charge < -0.3 is 0 Å². The quantitative estimate of drug-likeness (QED) is 0.578. The molecular weight excluding hydrogens is 151 g/mol. The monoisotopic (exact) mass is 154 g/mol. The summed E-state index contributed by atoms with van der Waals surface area (Å²) in [6.45, 7) is 0. The smallest absolute Gasteiger partial charge is 0.168 e. The van der Waals surface area contributed by atoms with E-state index in [1.54, 1.807) is 11.6 Å². The van der Waals surface area contributed by atoms with Crippen molar-refractivity contribution in [2.45, 2.75) is 0 Å². The third-order valence-corrected chi connectivity index (χ3v) is 1.87. The maximum Gasteiger partial charge on any atom is 0.168 e. The van der Waals surface area contributed by atoms with E-state index in [1.807, 2.05) is 0 Å². The van der Waals surface area contributed by atoms with Crippen LogP contribution < -0.4 is 0 Å². The van der Waals surface area contributed by atoms with Gasteiger partial charge in [0.2, 0.25) is 0 Å². The van der Waals surface area contributed by atoms with Gasteiger partial charge in [0.1, 0.15) is 5.52 Å². The number of hydrogen-bond donors (Lipinski definition) is 0. The fourth-order valence-corrected chi connectivity index (χ4v) is 1.40. The van der Waals surface area contributed by atoms with Crippen molar-refractivity contribution < 1.29 is 4.39 Å². The van der Waals surface area contributed by atoms with Crippen LogP contribution in [-0.2, 0) is 0 Å². The highest BCUT2D eigenvalue weighted by molar-refractivity contribution is 7.04. The van der Waals surface area contributed by atoms with Gasteiger partial charge in [-0.1, -0.05) is 0 Å². The van der Waals surface area contributed by atoms with Crippen LogP contribution in [0.25, 0.3) is 10.9 Å². The molecule has 0 spiro atoms. The summed E-state index contributed by atoms with van der Waals surface area (Å²) < 4.78 is 16.5. The molecule has 2 nitrogen and oxygen atoms in total. The first-order valence-corrected chi connectivity index (χ1v) is 3.55. The van der Waals surface area contributed by atoms with Crippen molar-refractivity contribution in [2.75, 3.05) is 0 Å². The molecule has 0 unspecified atom stereocenters. The van der Waals surface area contributed by atoms with Crippen LogP contribution in [0.3, 0.4) is 0 Å². The van der Waals surface area contributed by atoms with Crippen LogP contribution in [0, 0.1) is 5.82 Å².